The number of ether oxygens (including phenoxy) is 1. The van der Waals surface area contributed by atoms with Crippen molar-refractivity contribution in [3.8, 4) is 0 Å². The fraction of sp³-hybridized carbons (Fsp3) is 0.545. The average molecular weight is 565 g/mol. The van der Waals surface area contributed by atoms with Crippen LogP contribution in [0.5, 0.6) is 0 Å². The molecule has 2 aromatic rings. The molecule has 3 amide bonds. The van der Waals surface area contributed by atoms with Crippen LogP contribution in [0.25, 0.3) is 0 Å². The Balaban J connectivity index is 0.000000239. The highest BCUT2D eigenvalue weighted by Crippen LogP contribution is 2.38. The van der Waals surface area contributed by atoms with Crippen molar-refractivity contribution in [3.05, 3.63) is 71.8 Å². The summed E-state index contributed by atoms with van der Waals surface area (Å²) in [6.07, 6.45) is 2.67. The molecule has 0 bridgehead atoms. The summed E-state index contributed by atoms with van der Waals surface area (Å²) in [5, 5.41) is 3.33. The van der Waals surface area contributed by atoms with Gasteiger partial charge in [-0.2, -0.15) is 0 Å². The predicted molar refractivity (Wildman–Crippen MR) is 163 cm³/mol. The number of carbonyl (C=O) groups excluding carboxylic acids is 3. The van der Waals surface area contributed by atoms with Gasteiger partial charge in [0.15, 0.2) is 0 Å². The summed E-state index contributed by atoms with van der Waals surface area (Å²) in [6.45, 7) is 8.44. The van der Waals surface area contributed by atoms with Crippen LogP contribution in [0.2, 0.25) is 0 Å². The fourth-order valence-electron chi connectivity index (χ4n) is 5.87. The first-order valence-electron chi connectivity index (χ1n) is 14.6. The lowest BCUT2D eigenvalue weighted by atomic mass is 9.71. The summed E-state index contributed by atoms with van der Waals surface area (Å²) >= 11 is 0. The number of piperidine rings is 2. The van der Waals surface area contributed by atoms with Crippen LogP contribution in [0.4, 0.5) is 4.79 Å². The van der Waals surface area contributed by atoms with Crippen LogP contribution in [0, 0.1) is 0 Å². The van der Waals surface area contributed by atoms with Crippen LogP contribution in [-0.4, -0.2) is 92.6 Å². The van der Waals surface area contributed by atoms with E-state index in [1.165, 1.54) is 0 Å². The van der Waals surface area contributed by atoms with Crippen molar-refractivity contribution in [3.63, 3.8) is 0 Å². The summed E-state index contributed by atoms with van der Waals surface area (Å²) in [7, 11) is 7.25. The third-order valence-electron chi connectivity index (χ3n) is 8.01. The molecule has 8 nitrogen and oxygen atoms in total. The third kappa shape index (κ3) is 7.67. The summed E-state index contributed by atoms with van der Waals surface area (Å²) < 4.78 is 5.45. The van der Waals surface area contributed by atoms with Gasteiger partial charge in [-0.3, -0.25) is 9.59 Å². The van der Waals surface area contributed by atoms with E-state index in [9.17, 15) is 14.4 Å². The van der Waals surface area contributed by atoms with E-state index in [-0.39, 0.29) is 23.3 Å². The summed E-state index contributed by atoms with van der Waals surface area (Å²) in [5.74, 6) is 0.322. The van der Waals surface area contributed by atoms with Crippen molar-refractivity contribution in [2.24, 2.45) is 0 Å². The Labute approximate surface area is 246 Å². The second kappa shape index (κ2) is 13.5. The van der Waals surface area contributed by atoms with Gasteiger partial charge in [-0.15, -0.1) is 0 Å². The summed E-state index contributed by atoms with van der Waals surface area (Å²) in [4.78, 5) is 42.8. The van der Waals surface area contributed by atoms with Crippen molar-refractivity contribution in [2.75, 3.05) is 54.4 Å². The van der Waals surface area contributed by atoms with Crippen LogP contribution >= 0.6 is 0 Å². The van der Waals surface area contributed by atoms with E-state index >= 15 is 0 Å². The molecule has 2 heterocycles. The summed E-state index contributed by atoms with van der Waals surface area (Å²) in [6, 6.07) is 20.1. The molecule has 0 unspecified atom stereocenters. The molecule has 2 aromatic carbocycles. The second-order valence-electron chi connectivity index (χ2n) is 12.5. The van der Waals surface area contributed by atoms with Crippen molar-refractivity contribution in [2.45, 2.75) is 62.9 Å². The number of amides is 3. The predicted octanol–water partition coefficient (Wildman–Crippen LogP) is 4.44. The number of likely N-dealkylation sites (tertiary alicyclic amines) is 1. The molecule has 0 atom stereocenters. The van der Waals surface area contributed by atoms with E-state index in [2.05, 4.69) is 17.4 Å². The maximum atomic E-state index is 12.9. The van der Waals surface area contributed by atoms with Gasteiger partial charge in [-0.05, 0) is 70.7 Å². The Bertz CT molecular complexity index is 1140. The first kappa shape index (κ1) is 32.1. The van der Waals surface area contributed by atoms with Crippen LogP contribution in [0.15, 0.2) is 60.7 Å². The average Bonchev–Trinajstić information content (AvgIpc) is 2.97. The molecule has 2 saturated heterocycles. The van der Waals surface area contributed by atoms with Gasteiger partial charge in [0.05, 0.1) is 10.8 Å². The minimum Gasteiger partial charge on any atom is -0.444 e. The normalized spacial score (nSPS) is 17.9. The Hall–Kier alpha value is -3.39. The Morgan fingerprint density at radius 3 is 1.46 bits per heavy atom. The maximum absolute atomic E-state index is 12.9. The number of carbonyl (C=O) groups is 3. The lowest BCUT2D eigenvalue weighted by Crippen LogP contribution is -2.53. The molecule has 1 N–H and O–H groups in total. The quantitative estimate of drug-likeness (QED) is 0.594. The van der Waals surface area contributed by atoms with Crippen LogP contribution in [0.1, 0.15) is 57.6 Å². The molecule has 8 heteroatoms. The van der Waals surface area contributed by atoms with Gasteiger partial charge in [0.25, 0.3) is 0 Å². The van der Waals surface area contributed by atoms with Crippen molar-refractivity contribution in [1.82, 2.24) is 20.0 Å². The van der Waals surface area contributed by atoms with E-state index in [0.717, 1.165) is 37.1 Å². The Morgan fingerprint density at radius 2 is 1.10 bits per heavy atom. The Kier molecular flexibility index (Phi) is 10.6. The number of hydrogen-bond donors (Lipinski definition) is 1. The van der Waals surface area contributed by atoms with Gasteiger partial charge in [-0.1, -0.05) is 60.7 Å². The van der Waals surface area contributed by atoms with Crippen molar-refractivity contribution in [1.29, 1.82) is 0 Å². The standard InChI is InChI=1S/C19H28N2O3.C14H20N2O/c1-18(2,3)24-17(23)21-13-11-19(12-14-21,16(22)20(4)5)15-9-7-6-8-10-15;1-16(2)13(17)14(8-10-15-11-9-14)12-6-4-3-5-7-12/h6-10H,11-14H2,1-5H3;3-7,15H,8-11H2,1-2H3. The van der Waals surface area contributed by atoms with E-state index in [1.54, 1.807) is 28.8 Å². The van der Waals surface area contributed by atoms with Crippen LogP contribution in [0.3, 0.4) is 0 Å². The molecule has 41 heavy (non-hydrogen) atoms. The van der Waals surface area contributed by atoms with Gasteiger partial charge >= 0.3 is 6.09 Å². The SMILES string of the molecule is CN(C)C(=O)C1(c2ccccc2)CCN(C(=O)OC(C)(C)C)CC1.CN(C)C(=O)C1(c2ccccc2)CCNCC1. The first-order chi connectivity index (χ1) is 19.3. The number of rotatable bonds is 4. The molecule has 2 aliphatic rings. The first-order valence-corrected chi connectivity index (χ1v) is 14.6. The number of likely N-dealkylation sites (N-methyl/N-ethyl adjacent to an activating group) is 2. The molecule has 0 aliphatic carbocycles. The van der Waals surface area contributed by atoms with Gasteiger partial charge in [-0.25, -0.2) is 4.79 Å². The number of nitrogens with one attached hydrogen (secondary N) is 1. The number of hydrogen-bond acceptors (Lipinski definition) is 5. The largest absolute Gasteiger partial charge is 0.444 e. The maximum Gasteiger partial charge on any atom is 0.410 e. The van der Waals surface area contributed by atoms with Gasteiger partial charge in [0.1, 0.15) is 5.60 Å². The molecule has 0 spiro atoms. The number of benzene rings is 2. The lowest BCUT2D eigenvalue weighted by molar-refractivity contribution is -0.137. The van der Waals surface area contributed by atoms with Gasteiger partial charge < -0.3 is 24.8 Å². The third-order valence-corrected chi connectivity index (χ3v) is 8.01. The van der Waals surface area contributed by atoms with Gasteiger partial charge in [0.2, 0.25) is 11.8 Å². The summed E-state index contributed by atoms with van der Waals surface area (Å²) in [5.41, 5.74) is 0.775. The van der Waals surface area contributed by atoms with E-state index in [0.29, 0.717) is 25.9 Å². The monoisotopic (exact) mass is 564 g/mol. The molecule has 224 valence electrons. The van der Waals surface area contributed by atoms with Crippen molar-refractivity contribution >= 4 is 17.9 Å². The van der Waals surface area contributed by atoms with Crippen LogP contribution in [-0.2, 0) is 25.2 Å². The van der Waals surface area contributed by atoms with Crippen LogP contribution < -0.4 is 5.32 Å². The highest BCUT2D eigenvalue weighted by atomic mass is 16.6. The highest BCUT2D eigenvalue weighted by molar-refractivity contribution is 5.89. The molecule has 0 aromatic heterocycles. The molecular formula is C33H48N4O4. The second-order valence-corrected chi connectivity index (χ2v) is 12.5. The zero-order valence-electron chi connectivity index (χ0n) is 25.9. The topological polar surface area (TPSA) is 82.2 Å². The molecule has 4 rings (SSSR count). The number of nitrogens with zero attached hydrogens (tertiary/aromatic N) is 3. The molecular weight excluding hydrogens is 516 g/mol. The minimum atomic E-state index is -0.566. The zero-order chi connectivity index (χ0) is 30.3. The fourth-order valence-corrected chi connectivity index (χ4v) is 5.87. The molecule has 0 saturated carbocycles. The highest BCUT2D eigenvalue weighted by Gasteiger charge is 2.45. The van der Waals surface area contributed by atoms with E-state index in [4.69, 9.17) is 4.74 Å². The molecule has 0 radical (unpaired) electrons. The Morgan fingerprint density at radius 1 is 0.707 bits per heavy atom. The zero-order valence-corrected chi connectivity index (χ0v) is 25.9. The smallest absolute Gasteiger partial charge is 0.410 e. The van der Waals surface area contributed by atoms with Crippen molar-refractivity contribution < 1.29 is 19.1 Å². The molecule has 2 aliphatic heterocycles. The lowest BCUT2D eigenvalue weighted by Gasteiger charge is -2.42. The minimum absolute atomic E-state index is 0.0949. The van der Waals surface area contributed by atoms with E-state index < -0.39 is 11.0 Å². The van der Waals surface area contributed by atoms with E-state index in [1.807, 2.05) is 83.4 Å². The molecule has 2 fully saturated rings. The van der Waals surface area contributed by atoms with Gasteiger partial charge in [0, 0.05) is 41.3 Å².